The van der Waals surface area contributed by atoms with E-state index in [1.54, 1.807) is 12.1 Å². The summed E-state index contributed by atoms with van der Waals surface area (Å²) in [5, 5.41) is 16.0. The van der Waals surface area contributed by atoms with Crippen molar-refractivity contribution in [2.24, 2.45) is 5.92 Å². The fraction of sp³-hybridized carbons (Fsp3) is 0.333. The molecule has 1 atom stereocenters. The summed E-state index contributed by atoms with van der Waals surface area (Å²) in [4.78, 5) is 23.8. The second-order valence-electron chi connectivity index (χ2n) is 6.01. The van der Waals surface area contributed by atoms with Crippen LogP contribution in [0.1, 0.15) is 24.2 Å². The van der Waals surface area contributed by atoms with Crippen LogP contribution >= 0.6 is 0 Å². The number of aliphatic hydroxyl groups is 1. The average molecular weight is 328 g/mol. The molecule has 24 heavy (non-hydrogen) atoms. The molecular formula is C18H20N2O4. The smallest absolute Gasteiger partial charge is 0.309 e. The third-order valence-electron chi connectivity index (χ3n) is 4.25. The van der Waals surface area contributed by atoms with Gasteiger partial charge in [-0.05, 0) is 36.5 Å². The van der Waals surface area contributed by atoms with E-state index in [0.717, 1.165) is 18.4 Å². The van der Waals surface area contributed by atoms with Gasteiger partial charge in [-0.15, -0.1) is 0 Å². The number of carbonyl (C=O) groups excluding carboxylic acids is 2. The summed E-state index contributed by atoms with van der Waals surface area (Å²) in [5.41, 5.74) is -0.387. The van der Waals surface area contributed by atoms with E-state index in [0.29, 0.717) is 5.76 Å². The van der Waals surface area contributed by atoms with E-state index in [-0.39, 0.29) is 19.0 Å². The van der Waals surface area contributed by atoms with Gasteiger partial charge < -0.3 is 20.2 Å². The molecule has 126 valence electrons. The average Bonchev–Trinajstić information content (AvgIpc) is 3.35. The normalized spacial score (nSPS) is 16.2. The van der Waals surface area contributed by atoms with Crippen molar-refractivity contribution < 1.29 is 19.1 Å². The fourth-order valence-electron chi connectivity index (χ4n) is 2.73. The molecule has 1 saturated carbocycles. The predicted octanol–water partition coefficient (Wildman–Crippen LogP) is 1.31. The molecule has 3 N–H and O–H groups in total. The zero-order valence-electron chi connectivity index (χ0n) is 13.2. The van der Waals surface area contributed by atoms with E-state index in [2.05, 4.69) is 10.6 Å². The van der Waals surface area contributed by atoms with Crippen LogP contribution < -0.4 is 10.6 Å². The summed E-state index contributed by atoms with van der Waals surface area (Å²) in [6.45, 7) is 0.152. The number of amides is 2. The van der Waals surface area contributed by atoms with Gasteiger partial charge in [0.1, 0.15) is 11.4 Å². The molecule has 1 aliphatic carbocycles. The van der Waals surface area contributed by atoms with Crippen LogP contribution in [0.4, 0.5) is 0 Å². The van der Waals surface area contributed by atoms with E-state index in [1.807, 2.05) is 30.3 Å². The third-order valence-corrected chi connectivity index (χ3v) is 4.25. The molecule has 0 saturated heterocycles. The summed E-state index contributed by atoms with van der Waals surface area (Å²) in [7, 11) is 0. The van der Waals surface area contributed by atoms with Crippen LogP contribution in [0, 0.1) is 5.92 Å². The zero-order valence-corrected chi connectivity index (χ0v) is 13.2. The maximum atomic E-state index is 12.0. The van der Waals surface area contributed by atoms with Gasteiger partial charge in [0.15, 0.2) is 0 Å². The van der Waals surface area contributed by atoms with Crippen LogP contribution in [0.25, 0.3) is 0 Å². The molecule has 2 amide bonds. The SMILES string of the molecule is O=C(NCc1ccco1)C(=O)NCC(O)(c1ccccc1)C1CC1. The summed E-state index contributed by atoms with van der Waals surface area (Å²) >= 11 is 0. The molecular weight excluding hydrogens is 308 g/mol. The molecule has 1 aliphatic rings. The van der Waals surface area contributed by atoms with Crippen LogP contribution in [0.2, 0.25) is 0 Å². The molecule has 1 aromatic carbocycles. The van der Waals surface area contributed by atoms with Crippen molar-refractivity contribution in [3.8, 4) is 0 Å². The minimum absolute atomic E-state index is 0.00862. The van der Waals surface area contributed by atoms with Gasteiger partial charge in [-0.3, -0.25) is 9.59 Å². The van der Waals surface area contributed by atoms with Crippen LogP contribution in [0.5, 0.6) is 0 Å². The first-order valence-corrected chi connectivity index (χ1v) is 7.96. The summed E-state index contributed by atoms with van der Waals surface area (Å²) in [5.74, 6) is -0.851. The van der Waals surface area contributed by atoms with Gasteiger partial charge in [-0.1, -0.05) is 30.3 Å². The Morgan fingerprint density at radius 2 is 1.79 bits per heavy atom. The van der Waals surface area contributed by atoms with Crippen molar-refractivity contribution in [2.45, 2.75) is 25.0 Å². The second kappa shape index (κ2) is 6.88. The minimum Gasteiger partial charge on any atom is -0.467 e. The molecule has 0 bridgehead atoms. The molecule has 6 heteroatoms. The highest BCUT2D eigenvalue weighted by Crippen LogP contribution is 2.45. The Balaban J connectivity index is 1.56. The summed E-state index contributed by atoms with van der Waals surface area (Å²) < 4.78 is 5.09. The summed E-state index contributed by atoms with van der Waals surface area (Å²) in [6.07, 6.45) is 3.31. The lowest BCUT2D eigenvalue weighted by Crippen LogP contribution is -2.47. The lowest BCUT2D eigenvalue weighted by Gasteiger charge is -2.29. The van der Waals surface area contributed by atoms with Gasteiger partial charge in [-0.2, -0.15) is 0 Å². The highest BCUT2D eigenvalue weighted by atomic mass is 16.3. The van der Waals surface area contributed by atoms with Crippen LogP contribution in [0.15, 0.2) is 53.1 Å². The van der Waals surface area contributed by atoms with Gasteiger partial charge in [0.05, 0.1) is 19.4 Å². The van der Waals surface area contributed by atoms with Crippen LogP contribution in [0.3, 0.4) is 0 Å². The lowest BCUT2D eigenvalue weighted by atomic mass is 9.88. The second-order valence-corrected chi connectivity index (χ2v) is 6.01. The molecule has 2 aromatic rings. The number of hydrogen-bond acceptors (Lipinski definition) is 4. The Morgan fingerprint density at radius 1 is 1.08 bits per heavy atom. The molecule has 1 fully saturated rings. The molecule has 3 rings (SSSR count). The number of furan rings is 1. The number of nitrogens with one attached hydrogen (secondary N) is 2. The van der Waals surface area contributed by atoms with Gasteiger partial charge in [-0.25, -0.2) is 0 Å². The minimum atomic E-state index is -1.14. The summed E-state index contributed by atoms with van der Waals surface area (Å²) in [6, 6.07) is 12.7. The molecule has 6 nitrogen and oxygen atoms in total. The number of carbonyl (C=O) groups is 2. The van der Waals surface area contributed by atoms with E-state index < -0.39 is 17.4 Å². The molecule has 0 aliphatic heterocycles. The lowest BCUT2D eigenvalue weighted by molar-refractivity contribution is -0.140. The topological polar surface area (TPSA) is 91.6 Å². The van der Waals surface area contributed by atoms with Crippen molar-refractivity contribution >= 4 is 11.8 Å². The Morgan fingerprint density at radius 3 is 2.42 bits per heavy atom. The number of rotatable bonds is 6. The fourth-order valence-corrected chi connectivity index (χ4v) is 2.73. The zero-order chi connectivity index (χ0) is 17.0. The Bertz CT molecular complexity index is 695. The highest BCUT2D eigenvalue weighted by Gasteiger charge is 2.45. The predicted molar refractivity (Wildman–Crippen MR) is 86.6 cm³/mol. The molecule has 1 unspecified atom stereocenters. The molecule has 1 aromatic heterocycles. The van der Waals surface area contributed by atoms with Crippen LogP contribution in [-0.4, -0.2) is 23.5 Å². The van der Waals surface area contributed by atoms with E-state index in [4.69, 9.17) is 4.42 Å². The Kier molecular flexibility index (Phi) is 4.66. The van der Waals surface area contributed by atoms with E-state index in [1.165, 1.54) is 6.26 Å². The van der Waals surface area contributed by atoms with E-state index >= 15 is 0 Å². The van der Waals surface area contributed by atoms with E-state index in [9.17, 15) is 14.7 Å². The molecule has 0 radical (unpaired) electrons. The number of benzene rings is 1. The monoisotopic (exact) mass is 328 g/mol. The highest BCUT2D eigenvalue weighted by molar-refractivity contribution is 6.35. The first-order valence-electron chi connectivity index (χ1n) is 7.96. The first kappa shape index (κ1) is 16.3. The number of hydrogen-bond donors (Lipinski definition) is 3. The van der Waals surface area contributed by atoms with Crippen molar-refractivity contribution in [2.75, 3.05) is 6.54 Å². The van der Waals surface area contributed by atoms with Crippen molar-refractivity contribution in [1.29, 1.82) is 0 Å². The maximum absolute atomic E-state index is 12.0. The first-order chi connectivity index (χ1) is 11.6. The standard InChI is InChI=1S/C18H20N2O4/c21-16(19-11-15-7-4-10-24-15)17(22)20-12-18(23,14-8-9-14)13-5-2-1-3-6-13/h1-7,10,14,23H,8-9,11-12H2,(H,19,21)(H,20,22). The largest absolute Gasteiger partial charge is 0.467 e. The van der Waals surface area contributed by atoms with Gasteiger partial charge in [0.2, 0.25) is 0 Å². The van der Waals surface area contributed by atoms with Crippen molar-refractivity contribution in [1.82, 2.24) is 10.6 Å². The van der Waals surface area contributed by atoms with Crippen molar-refractivity contribution in [3.63, 3.8) is 0 Å². The molecule has 1 heterocycles. The maximum Gasteiger partial charge on any atom is 0.309 e. The Hall–Kier alpha value is -2.60. The molecule has 0 spiro atoms. The quantitative estimate of drug-likeness (QED) is 0.697. The van der Waals surface area contributed by atoms with Gasteiger partial charge in [0.25, 0.3) is 0 Å². The van der Waals surface area contributed by atoms with Crippen LogP contribution in [-0.2, 0) is 21.7 Å². The Labute approximate surface area is 139 Å². The van der Waals surface area contributed by atoms with Crippen molar-refractivity contribution in [3.05, 3.63) is 60.1 Å². The van der Waals surface area contributed by atoms with Gasteiger partial charge >= 0.3 is 11.8 Å². The third kappa shape index (κ3) is 3.65. The van der Waals surface area contributed by atoms with Gasteiger partial charge in [0, 0.05) is 0 Å².